The van der Waals surface area contributed by atoms with E-state index in [4.69, 9.17) is 5.73 Å². The number of nitrogens with zero attached hydrogens (tertiary/aromatic N) is 3. The highest BCUT2D eigenvalue weighted by Gasteiger charge is 2.43. The minimum absolute atomic E-state index is 0.169. The lowest BCUT2D eigenvalue weighted by molar-refractivity contribution is 0.00210. The molecule has 3 rings (SSSR count). The van der Waals surface area contributed by atoms with Gasteiger partial charge in [-0.15, -0.1) is 0 Å². The lowest BCUT2D eigenvalue weighted by Crippen LogP contribution is -2.29. The van der Waals surface area contributed by atoms with Gasteiger partial charge in [-0.1, -0.05) is 0 Å². The molecule has 1 fully saturated rings. The molecule has 8 heteroatoms. The molecular weight excluding hydrogens is 250 g/mol. The summed E-state index contributed by atoms with van der Waals surface area (Å²) in [6.45, 7) is -0.169. The largest absolute Gasteiger partial charge is 0.396 e. The Labute approximate surface area is 108 Å². The van der Waals surface area contributed by atoms with Crippen molar-refractivity contribution in [1.82, 2.24) is 20.2 Å². The Balaban J connectivity index is 2.04. The smallest absolute Gasteiger partial charge is 0.155 e. The number of hydrogen-bond donors (Lipinski definition) is 5. The van der Waals surface area contributed by atoms with Gasteiger partial charge in [0.15, 0.2) is 11.3 Å². The molecule has 1 aliphatic carbocycles. The Hall–Kier alpha value is -1.77. The van der Waals surface area contributed by atoms with Crippen molar-refractivity contribution in [3.05, 3.63) is 12.0 Å². The zero-order valence-electron chi connectivity index (χ0n) is 10.1. The maximum atomic E-state index is 10.1. The summed E-state index contributed by atoms with van der Waals surface area (Å²) in [5.74, 6) is -0.441. The third-order valence-electron chi connectivity index (χ3n) is 3.80. The maximum Gasteiger partial charge on any atom is 0.155 e. The van der Waals surface area contributed by atoms with Crippen LogP contribution in [0.2, 0.25) is 0 Å². The van der Waals surface area contributed by atoms with Gasteiger partial charge < -0.3 is 21.1 Å². The average Bonchev–Trinajstić information content (AvgIpc) is 2.94. The van der Waals surface area contributed by atoms with Crippen LogP contribution < -0.4 is 5.73 Å². The zero-order chi connectivity index (χ0) is 13.6. The van der Waals surface area contributed by atoms with Gasteiger partial charge in [0.25, 0.3) is 0 Å². The maximum absolute atomic E-state index is 10.1. The predicted molar refractivity (Wildman–Crippen MR) is 66.0 cm³/mol. The number of aromatic amines is 1. The molecule has 0 radical (unpaired) electrons. The number of anilines is 1. The van der Waals surface area contributed by atoms with Crippen LogP contribution in [-0.2, 0) is 0 Å². The van der Waals surface area contributed by atoms with Crippen LogP contribution >= 0.6 is 0 Å². The first-order chi connectivity index (χ1) is 9.13. The number of aliphatic hydroxyl groups excluding tert-OH is 3. The molecule has 1 aliphatic rings. The molecule has 102 valence electrons. The Kier molecular flexibility index (Phi) is 2.85. The van der Waals surface area contributed by atoms with E-state index in [1.54, 1.807) is 0 Å². The van der Waals surface area contributed by atoms with Gasteiger partial charge >= 0.3 is 0 Å². The highest BCUT2D eigenvalue weighted by molar-refractivity contribution is 5.85. The number of aliphatic hydroxyl groups is 3. The molecule has 1 saturated carbocycles. The summed E-state index contributed by atoms with van der Waals surface area (Å²) in [4.78, 5) is 7.96. The van der Waals surface area contributed by atoms with E-state index in [1.165, 1.54) is 6.33 Å². The van der Waals surface area contributed by atoms with Gasteiger partial charge in [0.05, 0.1) is 17.9 Å². The third kappa shape index (κ3) is 1.76. The van der Waals surface area contributed by atoms with Crippen molar-refractivity contribution in [3.8, 4) is 0 Å². The monoisotopic (exact) mass is 265 g/mol. The summed E-state index contributed by atoms with van der Waals surface area (Å²) in [5, 5.41) is 36.0. The van der Waals surface area contributed by atoms with Crippen molar-refractivity contribution in [2.75, 3.05) is 12.3 Å². The van der Waals surface area contributed by atoms with Crippen LogP contribution in [0, 0.1) is 5.92 Å². The molecule has 2 aromatic heterocycles. The number of nitrogens with one attached hydrogen (secondary N) is 1. The van der Waals surface area contributed by atoms with E-state index >= 15 is 0 Å². The number of rotatable bonds is 2. The molecule has 0 aromatic carbocycles. The highest BCUT2D eigenvalue weighted by atomic mass is 16.3. The second-order valence-corrected chi connectivity index (χ2v) is 4.86. The lowest BCUT2D eigenvalue weighted by Gasteiger charge is -2.15. The number of nitrogen functional groups attached to an aromatic ring is 1. The summed E-state index contributed by atoms with van der Waals surface area (Å²) in [7, 11) is 0. The van der Waals surface area contributed by atoms with E-state index in [-0.39, 0.29) is 24.3 Å². The summed E-state index contributed by atoms with van der Waals surface area (Å²) < 4.78 is 0. The van der Waals surface area contributed by atoms with Gasteiger partial charge in [-0.3, -0.25) is 5.10 Å². The minimum atomic E-state index is -0.961. The first-order valence-electron chi connectivity index (χ1n) is 6.05. The Morgan fingerprint density at radius 2 is 2.05 bits per heavy atom. The van der Waals surface area contributed by atoms with E-state index in [0.717, 1.165) is 0 Å². The highest BCUT2D eigenvalue weighted by Crippen LogP contribution is 2.40. The summed E-state index contributed by atoms with van der Waals surface area (Å²) in [5.41, 5.74) is 7.31. The molecule has 4 atom stereocenters. The van der Waals surface area contributed by atoms with E-state index in [2.05, 4.69) is 20.2 Å². The molecule has 0 unspecified atom stereocenters. The average molecular weight is 265 g/mol. The Bertz CT molecular complexity index is 601. The molecule has 6 N–H and O–H groups in total. The number of nitrogens with two attached hydrogens (primary N) is 1. The SMILES string of the molecule is Nc1ncnc2c([C@@H]3C[C@H](CO)[C@@H](O)[C@H]3O)[nH]nc12. The fraction of sp³-hybridized carbons (Fsp3) is 0.545. The summed E-state index contributed by atoms with van der Waals surface area (Å²) >= 11 is 0. The first-order valence-corrected chi connectivity index (χ1v) is 6.05. The van der Waals surface area contributed by atoms with Crippen molar-refractivity contribution in [1.29, 1.82) is 0 Å². The van der Waals surface area contributed by atoms with E-state index in [1.807, 2.05) is 0 Å². The van der Waals surface area contributed by atoms with Crippen LogP contribution in [0.1, 0.15) is 18.0 Å². The summed E-state index contributed by atoms with van der Waals surface area (Å²) in [6.07, 6.45) is -0.123. The fourth-order valence-electron chi connectivity index (χ4n) is 2.72. The number of fused-ring (bicyclic) bond motifs is 1. The number of hydrogen-bond acceptors (Lipinski definition) is 7. The molecule has 0 amide bonds. The minimum Gasteiger partial charge on any atom is -0.396 e. The van der Waals surface area contributed by atoms with Gasteiger partial charge in [-0.25, -0.2) is 9.97 Å². The van der Waals surface area contributed by atoms with Crippen molar-refractivity contribution >= 4 is 16.9 Å². The van der Waals surface area contributed by atoms with Crippen molar-refractivity contribution in [2.24, 2.45) is 5.92 Å². The van der Waals surface area contributed by atoms with E-state index in [9.17, 15) is 15.3 Å². The summed E-state index contributed by atoms with van der Waals surface area (Å²) in [6, 6.07) is 0. The van der Waals surface area contributed by atoms with Crippen LogP contribution in [0.25, 0.3) is 11.0 Å². The lowest BCUT2D eigenvalue weighted by atomic mass is 9.99. The van der Waals surface area contributed by atoms with Gasteiger partial charge in [0, 0.05) is 18.4 Å². The van der Waals surface area contributed by atoms with E-state index in [0.29, 0.717) is 23.1 Å². The van der Waals surface area contributed by atoms with Crippen molar-refractivity contribution in [2.45, 2.75) is 24.5 Å². The molecule has 0 spiro atoms. The van der Waals surface area contributed by atoms with Crippen molar-refractivity contribution in [3.63, 3.8) is 0 Å². The topological polar surface area (TPSA) is 141 Å². The normalized spacial score (nSPS) is 31.1. The Morgan fingerprint density at radius 3 is 2.74 bits per heavy atom. The van der Waals surface area contributed by atoms with Crippen molar-refractivity contribution < 1.29 is 15.3 Å². The van der Waals surface area contributed by atoms with E-state index < -0.39 is 12.2 Å². The van der Waals surface area contributed by atoms with Crippen LogP contribution in [0.5, 0.6) is 0 Å². The number of H-pyrrole nitrogens is 1. The fourth-order valence-corrected chi connectivity index (χ4v) is 2.72. The molecule has 2 heterocycles. The molecule has 0 bridgehead atoms. The standard InChI is InChI=1S/C11H15N5O3/c12-11-8-7(13-3-14-11)6(15-16-8)5-1-4(2-17)9(18)10(5)19/h3-5,9-10,17-19H,1-2H2,(H,15,16)(H2,12,13,14)/t4-,5+,9-,10+/m1/s1. The predicted octanol–water partition coefficient (Wildman–Crippen LogP) is -1.25. The zero-order valence-corrected chi connectivity index (χ0v) is 10.1. The molecule has 19 heavy (non-hydrogen) atoms. The van der Waals surface area contributed by atoms with Crippen LogP contribution in [0.3, 0.4) is 0 Å². The molecule has 2 aromatic rings. The Morgan fingerprint density at radius 1 is 1.26 bits per heavy atom. The van der Waals surface area contributed by atoms with Gasteiger partial charge in [-0.05, 0) is 6.42 Å². The first kappa shape index (κ1) is 12.3. The molecule has 0 aliphatic heterocycles. The quantitative estimate of drug-likeness (QED) is 0.457. The number of aromatic nitrogens is 4. The van der Waals surface area contributed by atoms with Gasteiger partial charge in [0.2, 0.25) is 0 Å². The van der Waals surface area contributed by atoms with Crippen LogP contribution in [0.15, 0.2) is 6.33 Å². The second-order valence-electron chi connectivity index (χ2n) is 4.86. The molecular formula is C11H15N5O3. The van der Waals surface area contributed by atoms with Gasteiger partial charge in [0.1, 0.15) is 11.8 Å². The third-order valence-corrected chi connectivity index (χ3v) is 3.80. The van der Waals surface area contributed by atoms with Crippen LogP contribution in [0.4, 0.5) is 5.82 Å². The van der Waals surface area contributed by atoms with Gasteiger partial charge in [-0.2, -0.15) is 5.10 Å². The van der Waals surface area contributed by atoms with Crippen LogP contribution in [-0.4, -0.2) is 54.3 Å². The molecule has 8 nitrogen and oxygen atoms in total. The second kappa shape index (κ2) is 4.41. The molecule has 0 saturated heterocycles.